The second-order valence-corrected chi connectivity index (χ2v) is 9.67. The molecule has 9 nitrogen and oxygen atoms in total. The highest BCUT2D eigenvalue weighted by Gasteiger charge is 2.27. The summed E-state index contributed by atoms with van der Waals surface area (Å²) in [5.41, 5.74) is 3.40. The van der Waals surface area contributed by atoms with Gasteiger partial charge in [-0.3, -0.25) is 9.10 Å². The van der Waals surface area contributed by atoms with Crippen molar-refractivity contribution in [3.8, 4) is 17.2 Å². The van der Waals surface area contributed by atoms with Crippen LogP contribution in [0.5, 0.6) is 17.2 Å². The van der Waals surface area contributed by atoms with Crippen LogP contribution in [0.15, 0.2) is 82.8 Å². The molecule has 0 unspecified atom stereocenters. The summed E-state index contributed by atoms with van der Waals surface area (Å²) in [6, 6.07) is 19.7. The predicted molar refractivity (Wildman–Crippen MR) is 143 cm³/mol. The van der Waals surface area contributed by atoms with Crippen LogP contribution in [0.1, 0.15) is 25.8 Å². The number of hydrogen-bond donors (Lipinski definition) is 1. The van der Waals surface area contributed by atoms with E-state index < -0.39 is 22.5 Å². The van der Waals surface area contributed by atoms with E-state index in [2.05, 4.69) is 10.5 Å². The van der Waals surface area contributed by atoms with E-state index >= 15 is 0 Å². The highest BCUT2D eigenvalue weighted by Crippen LogP contribution is 2.28. The van der Waals surface area contributed by atoms with Crippen molar-refractivity contribution in [3.63, 3.8) is 0 Å². The van der Waals surface area contributed by atoms with Gasteiger partial charge in [0.05, 0.1) is 37.1 Å². The molecule has 0 aromatic heterocycles. The lowest BCUT2D eigenvalue weighted by Crippen LogP contribution is -2.39. The summed E-state index contributed by atoms with van der Waals surface area (Å²) in [6.07, 6.45) is 2.32. The van der Waals surface area contributed by atoms with Crippen molar-refractivity contribution in [1.82, 2.24) is 5.43 Å². The summed E-state index contributed by atoms with van der Waals surface area (Å²) in [5.74, 6) is 1.16. The molecule has 3 aromatic carbocycles. The van der Waals surface area contributed by atoms with Crippen molar-refractivity contribution in [3.05, 3.63) is 78.4 Å². The number of rotatable bonds is 13. The molecule has 3 aromatic rings. The van der Waals surface area contributed by atoms with E-state index in [4.69, 9.17) is 14.2 Å². The summed E-state index contributed by atoms with van der Waals surface area (Å²) < 4.78 is 44.3. The number of benzene rings is 3. The Balaban J connectivity index is 1.77. The third-order valence-corrected chi connectivity index (χ3v) is 6.90. The minimum Gasteiger partial charge on any atom is -0.497 e. The van der Waals surface area contributed by atoms with Crippen LogP contribution in [-0.4, -0.2) is 47.4 Å². The second-order valence-electron chi connectivity index (χ2n) is 7.80. The van der Waals surface area contributed by atoms with E-state index in [9.17, 15) is 13.2 Å². The molecule has 0 atom stereocenters. The third-order valence-electron chi connectivity index (χ3n) is 5.11. The Bertz CT molecular complexity index is 1300. The summed E-state index contributed by atoms with van der Waals surface area (Å²) in [7, 11) is -2.51. The van der Waals surface area contributed by atoms with Gasteiger partial charge in [-0.25, -0.2) is 13.8 Å². The van der Waals surface area contributed by atoms with Gasteiger partial charge in [-0.2, -0.15) is 5.10 Å². The predicted octanol–water partition coefficient (Wildman–Crippen LogP) is 4.23. The number of anilines is 1. The minimum absolute atomic E-state index is 0.0657. The Hall–Kier alpha value is -4.05. The first-order valence-corrected chi connectivity index (χ1v) is 13.3. The van der Waals surface area contributed by atoms with Crippen LogP contribution in [0.4, 0.5) is 5.69 Å². The van der Waals surface area contributed by atoms with Crippen LogP contribution in [-0.2, 0) is 14.8 Å². The normalized spacial score (nSPS) is 11.2. The topological polar surface area (TPSA) is 107 Å². The van der Waals surface area contributed by atoms with E-state index in [0.29, 0.717) is 41.7 Å². The molecule has 0 heterocycles. The minimum atomic E-state index is -4.02. The van der Waals surface area contributed by atoms with Gasteiger partial charge in [0, 0.05) is 0 Å². The van der Waals surface area contributed by atoms with Gasteiger partial charge >= 0.3 is 0 Å². The fourth-order valence-electron chi connectivity index (χ4n) is 3.33. The Morgan fingerprint density at radius 1 is 0.973 bits per heavy atom. The summed E-state index contributed by atoms with van der Waals surface area (Å²) in [5, 5.41) is 4.00. The van der Waals surface area contributed by atoms with Gasteiger partial charge in [-0.15, -0.1) is 0 Å². The van der Waals surface area contributed by atoms with Gasteiger partial charge in [0.2, 0.25) is 0 Å². The summed E-state index contributed by atoms with van der Waals surface area (Å²) in [6.45, 7) is 4.46. The van der Waals surface area contributed by atoms with Crippen molar-refractivity contribution in [2.75, 3.05) is 31.2 Å². The molecule has 0 aliphatic rings. The van der Waals surface area contributed by atoms with Gasteiger partial charge in [0.25, 0.3) is 15.9 Å². The molecule has 1 N–H and O–H groups in total. The third kappa shape index (κ3) is 7.47. The highest BCUT2D eigenvalue weighted by molar-refractivity contribution is 7.92. The lowest BCUT2D eigenvalue weighted by molar-refractivity contribution is -0.119. The number of nitrogens with zero attached hydrogens (tertiary/aromatic N) is 2. The molecule has 0 aliphatic heterocycles. The van der Waals surface area contributed by atoms with Gasteiger partial charge in [-0.05, 0) is 73.5 Å². The molecule has 1 amide bonds. The number of amides is 1. The second kappa shape index (κ2) is 13.3. The number of hydrazone groups is 1. The molecule has 0 radical (unpaired) electrons. The molecule has 0 bridgehead atoms. The van der Waals surface area contributed by atoms with Gasteiger partial charge in [0.1, 0.15) is 12.3 Å². The monoisotopic (exact) mass is 525 g/mol. The van der Waals surface area contributed by atoms with Crippen LogP contribution in [0.2, 0.25) is 0 Å². The van der Waals surface area contributed by atoms with Crippen molar-refractivity contribution in [2.45, 2.75) is 25.2 Å². The Kier molecular flexibility index (Phi) is 9.91. The number of hydrogen-bond acceptors (Lipinski definition) is 7. The van der Waals surface area contributed by atoms with E-state index in [1.165, 1.54) is 25.5 Å². The van der Waals surface area contributed by atoms with Gasteiger partial charge in [0.15, 0.2) is 11.5 Å². The molecule has 0 spiro atoms. The van der Waals surface area contributed by atoms with E-state index in [1.807, 2.05) is 13.8 Å². The zero-order chi connectivity index (χ0) is 26.7. The molecule has 196 valence electrons. The van der Waals surface area contributed by atoms with Crippen LogP contribution in [0, 0.1) is 0 Å². The maximum absolute atomic E-state index is 13.4. The molecule has 3 rings (SSSR count). The lowest BCUT2D eigenvalue weighted by atomic mass is 10.2. The number of carbonyl (C=O) groups excluding carboxylic acids is 1. The molecular weight excluding hydrogens is 494 g/mol. The number of sulfonamides is 1. The van der Waals surface area contributed by atoms with Crippen LogP contribution in [0.3, 0.4) is 0 Å². The molecule has 0 saturated heterocycles. The van der Waals surface area contributed by atoms with Gasteiger partial charge < -0.3 is 14.2 Å². The van der Waals surface area contributed by atoms with Crippen molar-refractivity contribution in [1.29, 1.82) is 0 Å². The number of carbonyl (C=O) groups is 1. The first-order chi connectivity index (χ1) is 17.9. The SMILES string of the molecule is CCCOc1ccc(/C=N\NC(=O)CN(c2ccc(OC)cc2)S(=O)(=O)c2ccccc2)cc1OCC. The Labute approximate surface area is 217 Å². The number of nitrogens with one attached hydrogen (secondary N) is 1. The zero-order valence-corrected chi connectivity index (χ0v) is 21.9. The molecule has 10 heteroatoms. The largest absolute Gasteiger partial charge is 0.497 e. The maximum Gasteiger partial charge on any atom is 0.264 e. The van der Waals surface area contributed by atoms with Crippen LogP contribution >= 0.6 is 0 Å². The summed E-state index contributed by atoms with van der Waals surface area (Å²) in [4.78, 5) is 12.8. The highest BCUT2D eigenvalue weighted by atomic mass is 32.2. The van der Waals surface area contributed by atoms with Crippen LogP contribution in [0.25, 0.3) is 0 Å². The van der Waals surface area contributed by atoms with E-state index in [-0.39, 0.29) is 4.90 Å². The fraction of sp³-hybridized carbons (Fsp3) is 0.259. The zero-order valence-electron chi connectivity index (χ0n) is 21.1. The van der Waals surface area contributed by atoms with Crippen molar-refractivity contribution in [2.24, 2.45) is 5.10 Å². The molecule has 0 saturated carbocycles. The molecular formula is C27H31N3O6S. The van der Waals surface area contributed by atoms with E-state index in [1.54, 1.807) is 60.7 Å². The number of methoxy groups -OCH3 is 1. The standard InChI is InChI=1S/C27H31N3O6S/c1-4-17-36-25-16-11-21(18-26(25)35-5-2)19-28-29-27(31)20-30(22-12-14-23(34-3)15-13-22)37(32,33)24-9-7-6-8-10-24/h6-16,18-19H,4-5,17,20H2,1-3H3,(H,29,31)/b28-19-. The fourth-order valence-corrected chi connectivity index (χ4v) is 4.77. The molecule has 0 aliphatic carbocycles. The smallest absolute Gasteiger partial charge is 0.264 e. The quantitative estimate of drug-likeness (QED) is 0.264. The maximum atomic E-state index is 13.4. The first-order valence-electron chi connectivity index (χ1n) is 11.8. The van der Waals surface area contributed by atoms with E-state index in [0.717, 1.165) is 10.7 Å². The average Bonchev–Trinajstić information content (AvgIpc) is 2.92. The first kappa shape index (κ1) is 27.5. The molecule has 37 heavy (non-hydrogen) atoms. The van der Waals surface area contributed by atoms with Crippen molar-refractivity contribution < 1.29 is 27.4 Å². The Morgan fingerprint density at radius 2 is 1.70 bits per heavy atom. The molecule has 0 fully saturated rings. The van der Waals surface area contributed by atoms with Crippen molar-refractivity contribution >= 4 is 27.8 Å². The average molecular weight is 526 g/mol. The lowest BCUT2D eigenvalue weighted by Gasteiger charge is -2.23. The van der Waals surface area contributed by atoms with Crippen LogP contribution < -0.4 is 23.9 Å². The van der Waals surface area contributed by atoms with Gasteiger partial charge in [-0.1, -0.05) is 25.1 Å². The Morgan fingerprint density at radius 3 is 2.35 bits per heavy atom. The summed E-state index contributed by atoms with van der Waals surface area (Å²) >= 11 is 0. The number of ether oxygens (including phenoxy) is 3.